The molecule has 0 unspecified atom stereocenters. The fraction of sp³-hybridized carbons (Fsp3) is 0.545. The van der Waals surface area contributed by atoms with E-state index in [0.717, 1.165) is 66.9 Å². The van der Waals surface area contributed by atoms with Crippen molar-refractivity contribution in [2.24, 2.45) is 46.3 Å². The van der Waals surface area contributed by atoms with Gasteiger partial charge in [0.2, 0.25) is 0 Å². The molecule has 4 aliphatic rings. The van der Waals surface area contributed by atoms with Gasteiger partial charge in [0.1, 0.15) is 17.3 Å². The molecule has 10 atom stereocenters. The van der Waals surface area contributed by atoms with E-state index >= 15 is 0 Å². The first-order chi connectivity index (χ1) is 25.2. The number of benzene rings is 3. The van der Waals surface area contributed by atoms with Crippen LogP contribution < -0.4 is 4.52 Å². The summed E-state index contributed by atoms with van der Waals surface area (Å²) in [5.41, 5.74) is 2.20. The highest BCUT2D eigenvalue weighted by molar-refractivity contribution is 7.31. The summed E-state index contributed by atoms with van der Waals surface area (Å²) in [6.45, 7) is 7.25. The lowest BCUT2D eigenvalue weighted by molar-refractivity contribution is -0.174. The lowest BCUT2D eigenvalue weighted by Crippen LogP contribution is -2.59. The predicted octanol–water partition coefficient (Wildman–Crippen LogP) is 11.2. The maximum absolute atomic E-state index is 13.8. The van der Waals surface area contributed by atoms with Crippen molar-refractivity contribution < 1.29 is 32.0 Å². The van der Waals surface area contributed by atoms with Crippen LogP contribution in [0.15, 0.2) is 87.3 Å². The monoisotopic (exact) mass is 724 g/mol. The van der Waals surface area contributed by atoms with Crippen molar-refractivity contribution in [3.8, 4) is 0 Å². The van der Waals surface area contributed by atoms with Crippen LogP contribution in [0.5, 0.6) is 0 Å². The van der Waals surface area contributed by atoms with Gasteiger partial charge in [-0.1, -0.05) is 75.4 Å². The van der Waals surface area contributed by atoms with Crippen molar-refractivity contribution in [2.45, 2.75) is 97.2 Å². The summed E-state index contributed by atoms with van der Waals surface area (Å²) in [7, 11) is -0.144. The summed E-state index contributed by atoms with van der Waals surface area (Å²) in [5, 5.41) is 2.06. The van der Waals surface area contributed by atoms with E-state index in [2.05, 4.69) is 32.9 Å². The third kappa shape index (κ3) is 6.30. The van der Waals surface area contributed by atoms with Crippen LogP contribution in [0.3, 0.4) is 0 Å². The molecule has 0 N–H and O–H groups in total. The van der Waals surface area contributed by atoms with Crippen molar-refractivity contribution in [3.05, 3.63) is 84.4 Å². The number of esters is 2. The average Bonchev–Trinajstić information content (AvgIpc) is 3.44. The molecular formula is C44H53O7P. The smallest absolute Gasteiger partial charge is 0.387 e. The van der Waals surface area contributed by atoms with Gasteiger partial charge in [-0.15, -0.1) is 0 Å². The van der Waals surface area contributed by atoms with Gasteiger partial charge in [-0.3, -0.25) is 9.32 Å². The summed E-state index contributed by atoms with van der Waals surface area (Å²) in [5.74, 6) is 2.40. The molecule has 1 heterocycles. The van der Waals surface area contributed by atoms with E-state index in [0.29, 0.717) is 47.5 Å². The van der Waals surface area contributed by atoms with Gasteiger partial charge in [0.25, 0.3) is 0 Å². The molecule has 7 nitrogen and oxygen atoms in total. The zero-order valence-corrected chi connectivity index (χ0v) is 31.9. The van der Waals surface area contributed by atoms with E-state index in [1.165, 1.54) is 20.0 Å². The van der Waals surface area contributed by atoms with E-state index in [1.54, 1.807) is 0 Å². The van der Waals surface area contributed by atoms with E-state index < -0.39 is 8.24 Å². The molecule has 4 fully saturated rings. The molecule has 3 aromatic carbocycles. The van der Waals surface area contributed by atoms with Crippen LogP contribution in [0.25, 0.3) is 21.9 Å². The lowest BCUT2D eigenvalue weighted by atomic mass is 9.43. The standard InChI is InChI=1S/C44H53O7P/c1-28(18-23-41(45)47-4)35-21-22-36-34-20-19-30-26-31(49-52-50-38-16-10-8-14-32(38)33-15-9-11-17-39(33)51-52)24-25-43(30,2)37(34)27-40(44(35,36)3)48-42(46)29-12-6-5-7-13-29/h5-17,28,30-31,34-37,40H,18-27H2,1-4H3/t28-,30-,31-,34+,35-,36+,37+,40+,43+,44-/m1/s1. The van der Waals surface area contributed by atoms with Crippen molar-refractivity contribution >= 4 is 42.1 Å². The third-order valence-corrected chi connectivity index (χ3v) is 15.5. The molecule has 0 saturated heterocycles. The van der Waals surface area contributed by atoms with Crippen LogP contribution in [0.1, 0.15) is 95.3 Å². The van der Waals surface area contributed by atoms with Gasteiger partial charge < -0.3 is 17.9 Å². The predicted molar refractivity (Wildman–Crippen MR) is 203 cm³/mol. The molecule has 1 aromatic heterocycles. The Morgan fingerprint density at radius 1 is 0.827 bits per heavy atom. The highest BCUT2D eigenvalue weighted by Crippen LogP contribution is 2.69. The van der Waals surface area contributed by atoms with Gasteiger partial charge in [-0.2, -0.15) is 0 Å². The van der Waals surface area contributed by atoms with E-state index in [1.807, 2.05) is 66.7 Å². The highest BCUT2D eigenvalue weighted by Gasteiger charge is 2.65. The molecule has 0 bridgehead atoms. The molecule has 0 spiro atoms. The maximum Gasteiger partial charge on any atom is 0.387 e. The van der Waals surface area contributed by atoms with Gasteiger partial charge in [-0.05, 0) is 123 Å². The number of hydrogen-bond donors (Lipinski definition) is 0. The van der Waals surface area contributed by atoms with Crippen LogP contribution in [0.2, 0.25) is 0 Å². The highest BCUT2D eigenvalue weighted by atomic mass is 31.1. The topological polar surface area (TPSA) is 88.1 Å². The Hall–Kier alpha value is -3.54. The number of carbonyl (C=O) groups excluding carboxylic acids is 2. The first-order valence-corrected chi connectivity index (χ1v) is 20.6. The molecule has 0 aliphatic heterocycles. The molecular weight excluding hydrogens is 671 g/mol. The van der Waals surface area contributed by atoms with Crippen molar-refractivity contribution in [2.75, 3.05) is 7.11 Å². The molecule has 0 amide bonds. The van der Waals surface area contributed by atoms with Gasteiger partial charge in [0.05, 0.1) is 18.8 Å². The minimum Gasteiger partial charge on any atom is -0.469 e. The minimum atomic E-state index is -1.61. The first-order valence-electron chi connectivity index (χ1n) is 19.5. The lowest BCUT2D eigenvalue weighted by Gasteiger charge is -2.62. The van der Waals surface area contributed by atoms with Gasteiger partial charge in [-0.25, -0.2) is 4.79 Å². The SMILES string of the molecule is COC(=O)CC[C@@H](C)[C@H]1CC[C@H]2[C@@H]3CC[C@@H]4C[C@H](Op5oc6ccccc6c6ccccc6o5)CC[C@]4(C)[C@H]3C[C@H](OC(=O)c3ccccc3)[C@]12C. The first kappa shape index (κ1) is 35.5. The van der Waals surface area contributed by atoms with Gasteiger partial charge >= 0.3 is 20.2 Å². The summed E-state index contributed by atoms with van der Waals surface area (Å²) in [6.07, 6.45) is 9.64. The number of ether oxygens (including phenoxy) is 2. The normalized spacial score (nSPS) is 33.0. The zero-order valence-electron chi connectivity index (χ0n) is 31.0. The molecule has 4 aromatic rings. The Kier molecular flexibility index (Phi) is 9.80. The second-order valence-corrected chi connectivity index (χ2v) is 17.7. The third-order valence-electron chi connectivity index (χ3n) is 14.4. The molecule has 8 heteroatoms. The van der Waals surface area contributed by atoms with Crippen LogP contribution in [-0.2, 0) is 14.3 Å². The van der Waals surface area contributed by atoms with Crippen LogP contribution in [-0.4, -0.2) is 31.3 Å². The molecule has 276 valence electrons. The fourth-order valence-electron chi connectivity index (χ4n) is 11.7. The average molecular weight is 725 g/mol. The Balaban J connectivity index is 1.06. The molecule has 4 saturated carbocycles. The van der Waals surface area contributed by atoms with Crippen LogP contribution >= 0.6 is 8.24 Å². The zero-order chi connectivity index (χ0) is 36.0. The van der Waals surface area contributed by atoms with E-state index in [9.17, 15) is 9.59 Å². The van der Waals surface area contributed by atoms with Crippen molar-refractivity contribution in [1.82, 2.24) is 0 Å². The largest absolute Gasteiger partial charge is 0.469 e. The number of hydrogen-bond acceptors (Lipinski definition) is 7. The second kappa shape index (κ2) is 14.4. The second-order valence-electron chi connectivity index (χ2n) is 16.7. The van der Waals surface area contributed by atoms with Crippen molar-refractivity contribution in [1.29, 1.82) is 0 Å². The molecule has 8 rings (SSSR count). The molecule has 52 heavy (non-hydrogen) atoms. The quantitative estimate of drug-likeness (QED) is 0.167. The molecule has 0 radical (unpaired) electrons. The summed E-state index contributed by atoms with van der Waals surface area (Å²) in [6, 6.07) is 25.7. The number of carbonyl (C=O) groups is 2. The minimum absolute atomic E-state index is 0.0604. The van der Waals surface area contributed by atoms with E-state index in [-0.39, 0.29) is 35.0 Å². The summed E-state index contributed by atoms with van der Waals surface area (Å²) < 4.78 is 31.4. The Morgan fingerprint density at radius 2 is 1.50 bits per heavy atom. The summed E-state index contributed by atoms with van der Waals surface area (Å²) in [4.78, 5) is 25.9. The number of methoxy groups -OCH3 is 1. The Labute approximate surface area is 308 Å². The number of rotatable bonds is 8. The summed E-state index contributed by atoms with van der Waals surface area (Å²) >= 11 is 0. The number of fused-ring (bicyclic) bond motifs is 8. The number of para-hydroxylation sites is 2. The van der Waals surface area contributed by atoms with Crippen LogP contribution in [0, 0.1) is 46.3 Å². The fourth-order valence-corrected chi connectivity index (χ4v) is 12.9. The van der Waals surface area contributed by atoms with E-state index in [4.69, 9.17) is 22.4 Å². The Morgan fingerprint density at radius 3 is 2.19 bits per heavy atom. The van der Waals surface area contributed by atoms with Gasteiger partial charge in [0.15, 0.2) is 0 Å². The van der Waals surface area contributed by atoms with Crippen LogP contribution in [0.4, 0.5) is 0 Å². The van der Waals surface area contributed by atoms with Crippen molar-refractivity contribution in [3.63, 3.8) is 0 Å². The maximum atomic E-state index is 13.8. The molecule has 4 aliphatic carbocycles. The van der Waals surface area contributed by atoms with Gasteiger partial charge in [0, 0.05) is 22.6 Å². The Bertz CT molecular complexity index is 1900.